The Hall–Kier alpha value is -1.74. The van der Waals surface area contributed by atoms with Crippen molar-refractivity contribution in [2.75, 3.05) is 43.4 Å². The molecule has 0 atom stereocenters. The fraction of sp³-hybridized carbons (Fsp3) is 0.467. The molecule has 0 saturated carbocycles. The molecule has 0 bridgehead atoms. The van der Waals surface area contributed by atoms with Gasteiger partial charge in [-0.1, -0.05) is 17.8 Å². The molecule has 1 fully saturated rings. The second kappa shape index (κ2) is 7.43. The molecular weight excluding hydrogens is 339 g/mol. The Balaban J connectivity index is 1.48. The first kappa shape index (κ1) is 17.1. The average Bonchev–Trinajstić information content (AvgIpc) is 3.08. The van der Waals surface area contributed by atoms with Crippen LogP contribution in [0.15, 0.2) is 35.7 Å². The molecule has 1 aliphatic rings. The van der Waals surface area contributed by atoms with Gasteiger partial charge in [-0.05, 0) is 18.2 Å². The fourth-order valence-electron chi connectivity index (χ4n) is 2.64. The van der Waals surface area contributed by atoms with Gasteiger partial charge in [-0.3, -0.25) is 10.00 Å². The molecular formula is C15H18F3N5S. The van der Waals surface area contributed by atoms with Crippen molar-refractivity contribution >= 4 is 17.4 Å². The van der Waals surface area contributed by atoms with Crippen molar-refractivity contribution in [3.05, 3.63) is 36.2 Å². The lowest BCUT2D eigenvalue weighted by atomic mass is 10.1. The zero-order valence-corrected chi connectivity index (χ0v) is 13.8. The van der Waals surface area contributed by atoms with Crippen LogP contribution >= 0.6 is 11.8 Å². The third-order valence-corrected chi connectivity index (χ3v) is 4.81. The molecule has 1 aromatic carbocycles. The largest absolute Gasteiger partial charge is 0.416 e. The van der Waals surface area contributed by atoms with E-state index >= 15 is 0 Å². The van der Waals surface area contributed by atoms with Gasteiger partial charge in [0.05, 0.1) is 5.56 Å². The number of alkyl halides is 3. The molecule has 9 heteroatoms. The van der Waals surface area contributed by atoms with Crippen LogP contribution in [0.25, 0.3) is 0 Å². The Morgan fingerprint density at radius 1 is 1.17 bits per heavy atom. The molecule has 1 saturated heterocycles. The summed E-state index contributed by atoms with van der Waals surface area (Å²) in [5.74, 6) is 0.902. The molecule has 0 amide bonds. The summed E-state index contributed by atoms with van der Waals surface area (Å²) >= 11 is 1.61. The van der Waals surface area contributed by atoms with Crippen LogP contribution in [0.2, 0.25) is 0 Å². The van der Waals surface area contributed by atoms with E-state index in [0.29, 0.717) is 5.69 Å². The molecule has 0 radical (unpaired) electrons. The molecule has 0 aliphatic carbocycles. The molecule has 2 aromatic rings. The highest BCUT2D eigenvalue weighted by Gasteiger charge is 2.31. The number of hydrogen-bond donors (Lipinski definition) is 1. The summed E-state index contributed by atoms with van der Waals surface area (Å²) in [6, 6.07) is 5.55. The van der Waals surface area contributed by atoms with E-state index in [1.54, 1.807) is 17.8 Å². The highest BCUT2D eigenvalue weighted by Crippen LogP contribution is 2.31. The zero-order valence-electron chi connectivity index (χ0n) is 13.0. The van der Waals surface area contributed by atoms with Crippen molar-refractivity contribution in [3.8, 4) is 0 Å². The molecule has 130 valence electrons. The first-order valence-corrected chi connectivity index (χ1v) is 8.64. The standard InChI is InChI=1S/C15H18F3N5S/c16-15(17,18)12-2-1-3-13(10-12)23-6-4-22(5-7-23)8-9-24-14-19-11-20-21-14/h1-3,10-11H,4-9H2,(H,19,20,21). The Morgan fingerprint density at radius 2 is 1.96 bits per heavy atom. The Kier molecular flexibility index (Phi) is 5.30. The third-order valence-electron chi connectivity index (χ3n) is 3.95. The summed E-state index contributed by atoms with van der Waals surface area (Å²) in [5, 5.41) is 7.41. The quantitative estimate of drug-likeness (QED) is 0.834. The van der Waals surface area contributed by atoms with Gasteiger partial charge >= 0.3 is 6.18 Å². The van der Waals surface area contributed by atoms with Gasteiger partial charge in [-0.25, -0.2) is 4.98 Å². The molecule has 0 spiro atoms. The van der Waals surface area contributed by atoms with Gasteiger partial charge in [0.1, 0.15) is 6.33 Å². The number of halogens is 3. The monoisotopic (exact) mass is 357 g/mol. The van der Waals surface area contributed by atoms with E-state index in [1.165, 1.54) is 18.5 Å². The van der Waals surface area contributed by atoms with Gasteiger partial charge in [0.15, 0.2) is 5.16 Å². The number of H-pyrrole nitrogens is 1. The van der Waals surface area contributed by atoms with Crippen LogP contribution in [0.3, 0.4) is 0 Å². The van der Waals surface area contributed by atoms with Gasteiger partial charge in [0, 0.05) is 44.2 Å². The van der Waals surface area contributed by atoms with Crippen LogP contribution in [0, 0.1) is 0 Å². The lowest BCUT2D eigenvalue weighted by Gasteiger charge is -2.36. The molecule has 5 nitrogen and oxygen atoms in total. The number of benzene rings is 1. The van der Waals surface area contributed by atoms with E-state index in [0.717, 1.165) is 49.7 Å². The number of nitrogens with zero attached hydrogens (tertiary/aromatic N) is 4. The van der Waals surface area contributed by atoms with Crippen molar-refractivity contribution in [2.45, 2.75) is 11.3 Å². The minimum Gasteiger partial charge on any atom is -0.369 e. The number of aromatic nitrogens is 3. The first-order chi connectivity index (χ1) is 11.5. The first-order valence-electron chi connectivity index (χ1n) is 7.65. The number of rotatable bonds is 5. The molecule has 1 aliphatic heterocycles. The highest BCUT2D eigenvalue weighted by molar-refractivity contribution is 7.99. The lowest BCUT2D eigenvalue weighted by molar-refractivity contribution is -0.137. The van der Waals surface area contributed by atoms with Crippen molar-refractivity contribution in [1.82, 2.24) is 20.1 Å². The number of thioether (sulfide) groups is 1. The summed E-state index contributed by atoms with van der Waals surface area (Å²) in [7, 11) is 0. The van der Waals surface area contributed by atoms with Crippen molar-refractivity contribution in [1.29, 1.82) is 0 Å². The Labute approximate surface area is 142 Å². The van der Waals surface area contributed by atoms with Gasteiger partial charge in [0.25, 0.3) is 0 Å². The summed E-state index contributed by atoms with van der Waals surface area (Å²) in [6.07, 6.45) is -2.81. The van der Waals surface area contributed by atoms with Gasteiger partial charge in [-0.15, -0.1) is 0 Å². The van der Waals surface area contributed by atoms with Crippen molar-refractivity contribution in [3.63, 3.8) is 0 Å². The van der Waals surface area contributed by atoms with Crippen molar-refractivity contribution < 1.29 is 13.2 Å². The van der Waals surface area contributed by atoms with Crippen LogP contribution in [0.5, 0.6) is 0 Å². The van der Waals surface area contributed by atoms with E-state index in [1.807, 2.05) is 4.90 Å². The van der Waals surface area contributed by atoms with Crippen LogP contribution in [-0.4, -0.2) is 58.6 Å². The maximum absolute atomic E-state index is 12.8. The Bertz CT molecular complexity index is 639. The summed E-state index contributed by atoms with van der Waals surface area (Å²) in [5.41, 5.74) is 0.0476. The van der Waals surface area contributed by atoms with E-state index < -0.39 is 11.7 Å². The Morgan fingerprint density at radius 3 is 2.62 bits per heavy atom. The molecule has 24 heavy (non-hydrogen) atoms. The second-order valence-electron chi connectivity index (χ2n) is 5.52. The maximum atomic E-state index is 12.8. The fourth-order valence-corrected chi connectivity index (χ4v) is 3.43. The number of piperazine rings is 1. The third kappa shape index (κ3) is 4.41. The SMILES string of the molecule is FC(F)(F)c1cccc(N2CCN(CCSc3ncn[nH]3)CC2)c1. The summed E-state index contributed by atoms with van der Waals surface area (Å²) < 4.78 is 38.4. The van der Waals surface area contributed by atoms with Crippen LogP contribution in [0.4, 0.5) is 18.9 Å². The molecule has 2 heterocycles. The van der Waals surface area contributed by atoms with Crippen LogP contribution in [0.1, 0.15) is 5.56 Å². The number of nitrogens with one attached hydrogen (secondary N) is 1. The van der Waals surface area contributed by atoms with Crippen LogP contribution in [-0.2, 0) is 6.18 Å². The van der Waals surface area contributed by atoms with E-state index in [-0.39, 0.29) is 0 Å². The van der Waals surface area contributed by atoms with E-state index in [9.17, 15) is 13.2 Å². The number of aromatic amines is 1. The normalized spacial score (nSPS) is 16.5. The summed E-state index contributed by atoms with van der Waals surface area (Å²) in [4.78, 5) is 8.38. The highest BCUT2D eigenvalue weighted by atomic mass is 32.2. The smallest absolute Gasteiger partial charge is 0.369 e. The number of anilines is 1. The zero-order chi connectivity index (χ0) is 17.0. The molecule has 1 aromatic heterocycles. The van der Waals surface area contributed by atoms with Crippen molar-refractivity contribution in [2.24, 2.45) is 0 Å². The van der Waals surface area contributed by atoms with Gasteiger partial charge in [-0.2, -0.15) is 18.3 Å². The molecule has 1 N–H and O–H groups in total. The summed E-state index contributed by atoms with van der Waals surface area (Å²) in [6.45, 7) is 4.06. The van der Waals surface area contributed by atoms with E-state index in [2.05, 4.69) is 20.1 Å². The minimum absolute atomic E-state index is 0.592. The second-order valence-corrected chi connectivity index (χ2v) is 6.60. The molecule has 0 unspecified atom stereocenters. The molecule has 3 rings (SSSR count). The predicted octanol–water partition coefficient (Wildman–Crippen LogP) is 2.74. The number of hydrogen-bond acceptors (Lipinski definition) is 5. The van der Waals surface area contributed by atoms with E-state index in [4.69, 9.17) is 0 Å². The van der Waals surface area contributed by atoms with Crippen LogP contribution < -0.4 is 4.90 Å². The lowest BCUT2D eigenvalue weighted by Crippen LogP contribution is -2.47. The minimum atomic E-state index is -4.30. The maximum Gasteiger partial charge on any atom is 0.416 e. The van der Waals surface area contributed by atoms with Gasteiger partial charge in [0.2, 0.25) is 0 Å². The predicted molar refractivity (Wildman–Crippen MR) is 87.2 cm³/mol. The average molecular weight is 357 g/mol. The van der Waals surface area contributed by atoms with Gasteiger partial charge < -0.3 is 4.90 Å². The topological polar surface area (TPSA) is 48.1 Å².